The summed E-state index contributed by atoms with van der Waals surface area (Å²) in [7, 11) is 0. The van der Waals surface area contributed by atoms with Gasteiger partial charge in [0.05, 0.1) is 12.1 Å². The minimum Gasteiger partial charge on any atom is -0.489 e. The fraction of sp³-hybridized carbons (Fsp3) is 0.321. The van der Waals surface area contributed by atoms with Crippen LogP contribution < -0.4 is 15.5 Å². The van der Waals surface area contributed by atoms with Crippen molar-refractivity contribution in [1.29, 1.82) is 0 Å². The molecule has 0 bridgehead atoms. The minimum atomic E-state index is -0.469. The highest BCUT2D eigenvalue weighted by molar-refractivity contribution is 5.94. The van der Waals surface area contributed by atoms with Gasteiger partial charge >= 0.3 is 0 Å². The van der Waals surface area contributed by atoms with Gasteiger partial charge in [0.2, 0.25) is 5.91 Å². The maximum Gasteiger partial charge on any atom is 0.251 e. The third-order valence-electron chi connectivity index (χ3n) is 6.48. The Balaban J connectivity index is 1.40. The number of hydrogen-bond donors (Lipinski definition) is 3. The molecule has 8 nitrogen and oxygen atoms in total. The Morgan fingerprint density at radius 2 is 2.00 bits per heavy atom. The highest BCUT2D eigenvalue weighted by Gasteiger charge is 2.31. The number of nitrogens with zero attached hydrogens (tertiary/aromatic N) is 2. The molecule has 2 amide bonds. The molecule has 36 heavy (non-hydrogen) atoms. The van der Waals surface area contributed by atoms with Crippen molar-refractivity contribution in [1.82, 2.24) is 20.7 Å². The van der Waals surface area contributed by atoms with Crippen LogP contribution in [0.25, 0.3) is 10.9 Å². The molecule has 4 rings (SSSR count). The van der Waals surface area contributed by atoms with E-state index in [1.165, 1.54) is 0 Å². The van der Waals surface area contributed by atoms with E-state index in [0.29, 0.717) is 37.4 Å². The van der Waals surface area contributed by atoms with Crippen molar-refractivity contribution in [2.45, 2.75) is 32.4 Å². The first-order valence-electron chi connectivity index (χ1n) is 11.9. The predicted octanol–water partition coefficient (Wildman–Crippen LogP) is 3.07. The van der Waals surface area contributed by atoms with E-state index >= 15 is 0 Å². The van der Waals surface area contributed by atoms with Crippen molar-refractivity contribution < 1.29 is 19.5 Å². The lowest BCUT2D eigenvalue weighted by atomic mass is 9.88. The molecule has 8 heteroatoms. The monoisotopic (exact) mass is 486 g/mol. The molecule has 1 aliphatic rings. The van der Waals surface area contributed by atoms with Crippen LogP contribution >= 0.6 is 0 Å². The number of ether oxygens (including phenoxy) is 1. The first-order chi connectivity index (χ1) is 17.5. The van der Waals surface area contributed by atoms with Crippen molar-refractivity contribution in [2.75, 3.05) is 19.6 Å². The summed E-state index contributed by atoms with van der Waals surface area (Å²) in [5.41, 5.74) is 5.08. The second-order valence-corrected chi connectivity index (χ2v) is 9.06. The highest BCUT2D eigenvalue weighted by Crippen LogP contribution is 2.23. The Morgan fingerprint density at radius 1 is 1.22 bits per heavy atom. The van der Waals surface area contributed by atoms with Gasteiger partial charge in [-0.1, -0.05) is 24.1 Å². The van der Waals surface area contributed by atoms with Crippen LogP contribution in [-0.2, 0) is 11.4 Å². The molecular formula is C28H30N4O4. The molecule has 0 radical (unpaired) electrons. The van der Waals surface area contributed by atoms with Crippen LogP contribution in [0.1, 0.15) is 34.5 Å². The number of carbonyl (C=O) groups excluding carboxylic acids is 2. The van der Waals surface area contributed by atoms with E-state index in [1.807, 2.05) is 37.3 Å². The number of nitrogens with one attached hydrogen (secondary N) is 2. The maximum atomic E-state index is 13.0. The molecular weight excluding hydrogens is 456 g/mol. The van der Waals surface area contributed by atoms with Crippen molar-refractivity contribution in [3.63, 3.8) is 0 Å². The number of para-hydroxylation sites is 1. The van der Waals surface area contributed by atoms with E-state index in [-0.39, 0.29) is 24.3 Å². The number of aryl methyl sites for hydroxylation is 1. The van der Waals surface area contributed by atoms with Gasteiger partial charge in [-0.3, -0.25) is 24.7 Å². The Labute approximate surface area is 210 Å². The van der Waals surface area contributed by atoms with E-state index in [0.717, 1.165) is 28.7 Å². The van der Waals surface area contributed by atoms with Crippen LogP contribution in [0, 0.1) is 25.2 Å². The molecule has 1 fully saturated rings. The van der Waals surface area contributed by atoms with Gasteiger partial charge in [0, 0.05) is 41.2 Å². The number of amides is 2. The van der Waals surface area contributed by atoms with Gasteiger partial charge in [-0.25, -0.2) is 5.48 Å². The Bertz CT molecular complexity index is 1270. The minimum absolute atomic E-state index is 0.101. The molecule has 0 spiro atoms. The molecule has 186 valence electrons. The summed E-state index contributed by atoms with van der Waals surface area (Å²) >= 11 is 0. The molecule has 3 N–H and O–H groups in total. The van der Waals surface area contributed by atoms with Crippen LogP contribution in [0.4, 0.5) is 0 Å². The average molecular weight is 487 g/mol. The average Bonchev–Trinajstić information content (AvgIpc) is 2.89. The topological polar surface area (TPSA) is 104 Å². The van der Waals surface area contributed by atoms with Crippen LogP contribution in [-0.4, -0.2) is 52.6 Å². The van der Waals surface area contributed by atoms with E-state index in [1.54, 1.807) is 29.7 Å². The summed E-state index contributed by atoms with van der Waals surface area (Å²) in [6.45, 7) is 4.10. The number of likely N-dealkylation sites (tertiary alicyclic amines) is 1. The zero-order valence-electron chi connectivity index (χ0n) is 20.2. The molecule has 2 heterocycles. The summed E-state index contributed by atoms with van der Waals surface area (Å²) < 4.78 is 6.00. The standard InChI is InChI=1S/C28H30N4O4/c1-3-13-32-14-12-21(16-27(33)31-35)26(17-32)30-28(34)20-8-10-23(11-9-20)36-18-22-15-19(2)29-25-7-5-4-6-24(22)25/h1,4-11,15,21,26,35H,12-14,16-18H2,2H3,(H,30,34)(H,31,33)/t21-,26+/m0/s1. The number of hydroxylamine groups is 1. The van der Waals surface area contributed by atoms with Gasteiger partial charge in [-0.2, -0.15) is 0 Å². The fourth-order valence-corrected chi connectivity index (χ4v) is 4.66. The van der Waals surface area contributed by atoms with Crippen molar-refractivity contribution >= 4 is 22.7 Å². The fourth-order valence-electron chi connectivity index (χ4n) is 4.66. The molecule has 2 aromatic carbocycles. The number of benzene rings is 2. The number of hydrogen-bond acceptors (Lipinski definition) is 6. The van der Waals surface area contributed by atoms with Crippen LogP contribution in [0.3, 0.4) is 0 Å². The largest absolute Gasteiger partial charge is 0.489 e. The zero-order chi connectivity index (χ0) is 25.5. The van der Waals surface area contributed by atoms with E-state index in [4.69, 9.17) is 16.4 Å². The SMILES string of the molecule is C#CCN1CC[C@@H](CC(=O)NO)[C@H](NC(=O)c2ccc(OCc3cc(C)nc4ccccc34)cc2)C1. The molecule has 2 atom stereocenters. The third-order valence-corrected chi connectivity index (χ3v) is 6.48. The lowest BCUT2D eigenvalue weighted by Gasteiger charge is -2.38. The Hall–Kier alpha value is -3.93. The lowest BCUT2D eigenvalue weighted by Crippen LogP contribution is -2.53. The van der Waals surface area contributed by atoms with Crippen molar-refractivity contribution in [3.05, 3.63) is 71.4 Å². The van der Waals surface area contributed by atoms with Crippen molar-refractivity contribution in [2.24, 2.45) is 5.92 Å². The molecule has 0 aliphatic carbocycles. The van der Waals surface area contributed by atoms with Gasteiger partial charge in [-0.15, -0.1) is 6.42 Å². The van der Waals surface area contributed by atoms with Gasteiger partial charge < -0.3 is 10.1 Å². The number of carbonyl (C=O) groups is 2. The number of aromatic nitrogens is 1. The van der Waals surface area contributed by atoms with E-state index in [2.05, 4.69) is 21.1 Å². The molecule has 1 aromatic heterocycles. The van der Waals surface area contributed by atoms with Gasteiger partial charge in [0.1, 0.15) is 12.4 Å². The number of piperidine rings is 1. The highest BCUT2D eigenvalue weighted by atomic mass is 16.5. The second-order valence-electron chi connectivity index (χ2n) is 9.06. The van der Waals surface area contributed by atoms with Crippen LogP contribution in [0.15, 0.2) is 54.6 Å². The first kappa shape index (κ1) is 25.2. The third kappa shape index (κ3) is 6.19. The van der Waals surface area contributed by atoms with E-state index < -0.39 is 5.91 Å². The smallest absolute Gasteiger partial charge is 0.251 e. The number of terminal acetylenes is 1. The van der Waals surface area contributed by atoms with Crippen LogP contribution in [0.2, 0.25) is 0 Å². The van der Waals surface area contributed by atoms with Crippen LogP contribution in [0.5, 0.6) is 5.75 Å². The quantitative estimate of drug-likeness (QED) is 0.257. The Morgan fingerprint density at radius 3 is 2.75 bits per heavy atom. The Kier molecular flexibility index (Phi) is 8.16. The van der Waals surface area contributed by atoms with Gasteiger partial charge in [0.15, 0.2) is 0 Å². The number of pyridine rings is 1. The predicted molar refractivity (Wildman–Crippen MR) is 136 cm³/mol. The van der Waals surface area contributed by atoms with Gasteiger partial charge in [-0.05, 0) is 62.2 Å². The molecule has 0 unspecified atom stereocenters. The first-order valence-corrected chi connectivity index (χ1v) is 11.9. The maximum absolute atomic E-state index is 13.0. The number of rotatable bonds is 8. The summed E-state index contributed by atoms with van der Waals surface area (Å²) in [6, 6.07) is 16.7. The number of fused-ring (bicyclic) bond motifs is 1. The molecule has 1 saturated heterocycles. The summed E-state index contributed by atoms with van der Waals surface area (Å²) in [4.78, 5) is 31.4. The van der Waals surface area contributed by atoms with E-state index in [9.17, 15) is 9.59 Å². The molecule has 0 saturated carbocycles. The normalized spacial score (nSPS) is 17.8. The lowest BCUT2D eigenvalue weighted by molar-refractivity contribution is -0.130. The van der Waals surface area contributed by atoms with Gasteiger partial charge in [0.25, 0.3) is 5.91 Å². The second kappa shape index (κ2) is 11.7. The summed E-state index contributed by atoms with van der Waals surface area (Å²) in [5, 5.41) is 13.0. The summed E-state index contributed by atoms with van der Waals surface area (Å²) in [5.74, 6) is 2.48. The zero-order valence-corrected chi connectivity index (χ0v) is 20.2. The molecule has 3 aromatic rings. The van der Waals surface area contributed by atoms with Crippen molar-refractivity contribution in [3.8, 4) is 18.1 Å². The molecule has 1 aliphatic heterocycles. The summed E-state index contributed by atoms with van der Waals surface area (Å²) in [6.07, 6.45) is 6.27.